The molecule has 0 aliphatic rings. The predicted octanol–water partition coefficient (Wildman–Crippen LogP) is 1.51. The molecule has 4 nitrogen and oxygen atoms in total. The first-order valence-electron chi connectivity index (χ1n) is 5.92. The Morgan fingerprint density at radius 3 is 2.89 bits per heavy atom. The van der Waals surface area contributed by atoms with Gasteiger partial charge in [0, 0.05) is 6.54 Å². The van der Waals surface area contributed by atoms with E-state index in [1.807, 2.05) is 38.1 Å². The number of rotatable bonds is 5. The lowest BCUT2D eigenvalue weighted by atomic mass is 10.1. The lowest BCUT2D eigenvalue weighted by Crippen LogP contribution is -2.33. The van der Waals surface area contributed by atoms with Crippen LogP contribution in [0.25, 0.3) is 0 Å². The quantitative estimate of drug-likeness (QED) is 0.419. The van der Waals surface area contributed by atoms with Crippen LogP contribution in [0.5, 0.6) is 0 Å². The molecule has 0 bridgehead atoms. The smallest absolute Gasteiger partial charge is 0.188 e. The number of nitrogens with zero attached hydrogens (tertiary/aromatic N) is 1. The minimum Gasteiger partial charge on any atom is -0.386 e. The first-order valence-corrected chi connectivity index (χ1v) is 5.92. The maximum atomic E-state index is 9.96. The average Bonchev–Trinajstić information content (AvgIpc) is 2.33. The monoisotopic (exact) mass is 247 g/mol. The fourth-order valence-corrected chi connectivity index (χ4v) is 1.46. The van der Waals surface area contributed by atoms with Gasteiger partial charge in [-0.15, -0.1) is 0 Å². The normalized spacial score (nSPS) is 13.2. The number of hydrogen-bond donors (Lipinski definition) is 3. The van der Waals surface area contributed by atoms with E-state index in [9.17, 15) is 5.11 Å². The standard InChI is InChI=1S/C14H21N3O/c1-10(2)8-16-14(15)17-9-13(18)12-6-4-5-11(3)7-12/h4-7,13,18H,1,8-9H2,2-3H3,(H3,15,16,17). The highest BCUT2D eigenvalue weighted by Crippen LogP contribution is 2.14. The molecular weight excluding hydrogens is 226 g/mol. The molecule has 0 aliphatic heterocycles. The molecule has 0 saturated heterocycles. The maximum absolute atomic E-state index is 9.96. The van der Waals surface area contributed by atoms with Crippen molar-refractivity contribution in [2.24, 2.45) is 10.7 Å². The number of aliphatic imine (C=N–C) groups is 1. The summed E-state index contributed by atoms with van der Waals surface area (Å²) in [5.41, 5.74) is 8.61. The predicted molar refractivity (Wildman–Crippen MR) is 75.4 cm³/mol. The van der Waals surface area contributed by atoms with Gasteiger partial charge in [0.25, 0.3) is 0 Å². The van der Waals surface area contributed by atoms with Gasteiger partial charge in [0.05, 0.1) is 12.6 Å². The zero-order valence-corrected chi connectivity index (χ0v) is 11.0. The zero-order valence-electron chi connectivity index (χ0n) is 11.0. The van der Waals surface area contributed by atoms with E-state index >= 15 is 0 Å². The minimum atomic E-state index is -0.630. The van der Waals surface area contributed by atoms with Crippen LogP contribution in [0.15, 0.2) is 41.4 Å². The molecule has 0 radical (unpaired) electrons. The van der Waals surface area contributed by atoms with E-state index in [0.717, 1.165) is 16.7 Å². The van der Waals surface area contributed by atoms with E-state index in [1.165, 1.54) is 0 Å². The molecule has 1 atom stereocenters. The van der Waals surface area contributed by atoms with Gasteiger partial charge in [-0.2, -0.15) is 0 Å². The number of nitrogens with two attached hydrogens (primary N) is 1. The molecule has 0 fully saturated rings. The summed E-state index contributed by atoms with van der Waals surface area (Å²) in [6, 6.07) is 7.73. The van der Waals surface area contributed by atoms with Crippen LogP contribution in [0.3, 0.4) is 0 Å². The molecule has 0 amide bonds. The summed E-state index contributed by atoms with van der Waals surface area (Å²) in [5.74, 6) is 0.324. The van der Waals surface area contributed by atoms with E-state index in [4.69, 9.17) is 5.73 Å². The molecule has 0 aromatic heterocycles. The molecule has 4 N–H and O–H groups in total. The van der Waals surface area contributed by atoms with E-state index < -0.39 is 6.10 Å². The summed E-state index contributed by atoms with van der Waals surface area (Å²) in [7, 11) is 0. The van der Waals surface area contributed by atoms with Gasteiger partial charge < -0.3 is 16.2 Å². The second-order valence-corrected chi connectivity index (χ2v) is 4.47. The Labute approximate surface area is 108 Å². The highest BCUT2D eigenvalue weighted by molar-refractivity contribution is 5.78. The Bertz CT molecular complexity index is 440. The van der Waals surface area contributed by atoms with Crippen LogP contribution in [0.1, 0.15) is 24.2 Å². The summed E-state index contributed by atoms with van der Waals surface area (Å²) in [6.45, 7) is 8.49. The van der Waals surface area contributed by atoms with Crippen LogP contribution < -0.4 is 11.1 Å². The third-order valence-electron chi connectivity index (χ3n) is 2.43. The fourth-order valence-electron chi connectivity index (χ4n) is 1.46. The van der Waals surface area contributed by atoms with E-state index in [2.05, 4.69) is 16.9 Å². The number of aliphatic hydroxyl groups excluding tert-OH is 1. The van der Waals surface area contributed by atoms with Crippen LogP contribution in [0.4, 0.5) is 0 Å². The highest BCUT2D eigenvalue weighted by Gasteiger charge is 2.06. The van der Waals surface area contributed by atoms with Crippen molar-refractivity contribution in [2.45, 2.75) is 20.0 Å². The second-order valence-electron chi connectivity index (χ2n) is 4.47. The number of guanidine groups is 1. The topological polar surface area (TPSA) is 70.6 Å². The minimum absolute atomic E-state index is 0.248. The van der Waals surface area contributed by atoms with Crippen molar-refractivity contribution in [2.75, 3.05) is 13.1 Å². The average molecular weight is 247 g/mol. The Morgan fingerprint density at radius 2 is 2.28 bits per heavy atom. The molecular formula is C14H21N3O. The lowest BCUT2D eigenvalue weighted by molar-refractivity contribution is 0.187. The molecule has 0 heterocycles. The lowest BCUT2D eigenvalue weighted by Gasteiger charge is -2.10. The number of hydrogen-bond acceptors (Lipinski definition) is 2. The van der Waals surface area contributed by atoms with E-state index in [-0.39, 0.29) is 6.54 Å². The molecule has 0 saturated carbocycles. The molecule has 0 aliphatic carbocycles. The fraction of sp³-hybridized carbons (Fsp3) is 0.357. The molecule has 98 valence electrons. The Hall–Kier alpha value is -1.81. The van der Waals surface area contributed by atoms with Crippen LogP contribution in [-0.2, 0) is 0 Å². The number of aryl methyl sites for hydroxylation is 1. The van der Waals surface area contributed by atoms with Gasteiger partial charge in [-0.05, 0) is 19.4 Å². The molecule has 18 heavy (non-hydrogen) atoms. The number of benzene rings is 1. The molecule has 1 aromatic carbocycles. The number of aliphatic hydroxyl groups is 1. The summed E-state index contributed by atoms with van der Waals surface area (Å²) >= 11 is 0. The number of nitrogens with one attached hydrogen (secondary N) is 1. The van der Waals surface area contributed by atoms with Gasteiger partial charge in [-0.3, -0.25) is 4.99 Å². The van der Waals surface area contributed by atoms with Gasteiger partial charge in [0.2, 0.25) is 0 Å². The van der Waals surface area contributed by atoms with Gasteiger partial charge in [0.1, 0.15) is 0 Å². The van der Waals surface area contributed by atoms with Crippen molar-refractivity contribution < 1.29 is 5.11 Å². The first-order chi connectivity index (χ1) is 8.49. The molecule has 1 rings (SSSR count). The molecule has 4 heteroatoms. The van der Waals surface area contributed by atoms with Gasteiger partial charge in [0.15, 0.2) is 5.96 Å². The van der Waals surface area contributed by atoms with Crippen LogP contribution in [0, 0.1) is 6.92 Å². The first kappa shape index (κ1) is 14.3. The Morgan fingerprint density at radius 1 is 1.56 bits per heavy atom. The molecule has 1 unspecified atom stereocenters. The van der Waals surface area contributed by atoms with Crippen molar-refractivity contribution in [1.82, 2.24) is 5.32 Å². The van der Waals surface area contributed by atoms with Crippen molar-refractivity contribution in [3.05, 3.63) is 47.5 Å². The maximum Gasteiger partial charge on any atom is 0.188 e. The molecule has 0 spiro atoms. The van der Waals surface area contributed by atoms with Gasteiger partial charge in [-0.25, -0.2) is 0 Å². The van der Waals surface area contributed by atoms with Crippen LogP contribution >= 0.6 is 0 Å². The van der Waals surface area contributed by atoms with E-state index in [1.54, 1.807) is 0 Å². The zero-order chi connectivity index (χ0) is 13.5. The summed E-state index contributed by atoms with van der Waals surface area (Å²) in [4.78, 5) is 4.09. The second kappa shape index (κ2) is 6.81. The Balaban J connectivity index is 2.52. The van der Waals surface area contributed by atoms with E-state index in [0.29, 0.717) is 12.5 Å². The third-order valence-corrected chi connectivity index (χ3v) is 2.43. The van der Waals surface area contributed by atoms with Crippen molar-refractivity contribution >= 4 is 5.96 Å². The van der Waals surface area contributed by atoms with Crippen molar-refractivity contribution in [3.63, 3.8) is 0 Å². The van der Waals surface area contributed by atoms with Crippen molar-refractivity contribution in [3.8, 4) is 0 Å². The van der Waals surface area contributed by atoms with Crippen molar-refractivity contribution in [1.29, 1.82) is 0 Å². The summed E-state index contributed by atoms with van der Waals surface area (Å²) < 4.78 is 0. The summed E-state index contributed by atoms with van der Waals surface area (Å²) in [5, 5.41) is 12.9. The Kier molecular flexibility index (Phi) is 5.39. The summed E-state index contributed by atoms with van der Waals surface area (Å²) in [6.07, 6.45) is -0.630. The van der Waals surface area contributed by atoms with Gasteiger partial charge in [-0.1, -0.05) is 42.0 Å². The third kappa shape index (κ3) is 5.01. The SMILES string of the molecule is C=C(C)CNC(N)=NCC(O)c1cccc(C)c1. The molecule has 1 aromatic rings. The highest BCUT2D eigenvalue weighted by atomic mass is 16.3. The van der Waals surface area contributed by atoms with Gasteiger partial charge >= 0.3 is 0 Å². The largest absolute Gasteiger partial charge is 0.386 e. The van der Waals surface area contributed by atoms with Crippen LogP contribution in [0.2, 0.25) is 0 Å². The van der Waals surface area contributed by atoms with Crippen LogP contribution in [-0.4, -0.2) is 24.2 Å².